The molecule has 2 unspecified atom stereocenters. The molecule has 19 heavy (non-hydrogen) atoms. The average Bonchev–Trinajstić information content (AvgIpc) is 2.44. The molecule has 0 bridgehead atoms. The Morgan fingerprint density at radius 3 is 2.68 bits per heavy atom. The van der Waals surface area contributed by atoms with Crippen LogP contribution in [0.2, 0.25) is 0 Å². The van der Waals surface area contributed by atoms with Gasteiger partial charge in [0, 0.05) is 23.7 Å². The van der Waals surface area contributed by atoms with E-state index in [0.717, 1.165) is 12.2 Å². The summed E-state index contributed by atoms with van der Waals surface area (Å²) >= 11 is 1.83. The molecule has 0 saturated heterocycles. The van der Waals surface area contributed by atoms with Crippen LogP contribution in [0.3, 0.4) is 0 Å². The summed E-state index contributed by atoms with van der Waals surface area (Å²) in [6.07, 6.45) is 0.826. The number of thioether (sulfide) groups is 1. The maximum Gasteiger partial charge on any atom is 0.0441 e. The highest BCUT2D eigenvalue weighted by Gasteiger charge is 2.11. The van der Waals surface area contributed by atoms with Crippen molar-refractivity contribution in [3.05, 3.63) is 48.0 Å². The van der Waals surface area contributed by atoms with Gasteiger partial charge in [0.2, 0.25) is 0 Å². The van der Waals surface area contributed by atoms with Crippen molar-refractivity contribution < 1.29 is 5.11 Å². The quantitative estimate of drug-likeness (QED) is 0.850. The fraction of sp³-hybridized carbons (Fsp3) is 0.375. The normalized spacial score (nSPS) is 14.5. The molecule has 0 fully saturated rings. The summed E-state index contributed by atoms with van der Waals surface area (Å²) in [5, 5.41) is 11.8. The van der Waals surface area contributed by atoms with Crippen LogP contribution >= 0.6 is 11.8 Å². The van der Waals surface area contributed by atoms with Gasteiger partial charge in [0.25, 0.3) is 0 Å². The maximum absolute atomic E-state index is 8.92. The van der Waals surface area contributed by atoms with E-state index >= 15 is 0 Å². The van der Waals surface area contributed by atoms with Crippen molar-refractivity contribution in [2.45, 2.75) is 24.6 Å². The third-order valence-electron chi connectivity index (χ3n) is 3.32. The summed E-state index contributed by atoms with van der Waals surface area (Å²) in [5.41, 5.74) is 7.53. The lowest BCUT2D eigenvalue weighted by molar-refractivity contribution is 0.289. The number of rotatable bonds is 6. The molecule has 0 spiro atoms. The van der Waals surface area contributed by atoms with Crippen LogP contribution in [0, 0.1) is 0 Å². The lowest BCUT2D eigenvalue weighted by Crippen LogP contribution is -2.15. The van der Waals surface area contributed by atoms with Crippen LogP contribution in [0.4, 0.5) is 0 Å². The van der Waals surface area contributed by atoms with Crippen molar-refractivity contribution in [3.63, 3.8) is 0 Å². The van der Waals surface area contributed by atoms with E-state index in [2.05, 4.69) is 49.4 Å². The highest BCUT2D eigenvalue weighted by molar-refractivity contribution is 7.99. The number of benzene rings is 2. The summed E-state index contributed by atoms with van der Waals surface area (Å²) in [6, 6.07) is 14.7. The number of aliphatic hydroxyl groups is 1. The van der Waals surface area contributed by atoms with E-state index in [0.29, 0.717) is 5.25 Å². The Labute approximate surface area is 119 Å². The van der Waals surface area contributed by atoms with E-state index in [4.69, 9.17) is 10.8 Å². The van der Waals surface area contributed by atoms with Crippen LogP contribution in [-0.2, 0) is 0 Å². The molecule has 102 valence electrons. The molecule has 0 aromatic heterocycles. The molecule has 3 heteroatoms. The van der Waals surface area contributed by atoms with Crippen LogP contribution in [0.1, 0.15) is 24.9 Å². The van der Waals surface area contributed by atoms with Gasteiger partial charge in [0.05, 0.1) is 0 Å². The molecule has 0 saturated carbocycles. The highest BCUT2D eigenvalue weighted by atomic mass is 32.2. The molecule has 2 aromatic rings. The minimum Gasteiger partial charge on any atom is -0.396 e. The summed E-state index contributed by atoms with van der Waals surface area (Å²) < 4.78 is 0. The highest BCUT2D eigenvalue weighted by Crippen LogP contribution is 2.26. The standard InChI is InChI=1S/C16H21NOS/c1-12(9-10-18)19-11-16(17)15-8-4-6-13-5-2-3-7-14(13)15/h2-8,12,16,18H,9-11,17H2,1H3. The van der Waals surface area contributed by atoms with Gasteiger partial charge in [-0.25, -0.2) is 0 Å². The first-order chi connectivity index (χ1) is 9.22. The Balaban J connectivity index is 2.11. The Morgan fingerprint density at radius 1 is 1.16 bits per heavy atom. The van der Waals surface area contributed by atoms with Crippen molar-refractivity contribution in [3.8, 4) is 0 Å². The van der Waals surface area contributed by atoms with Gasteiger partial charge in [-0.1, -0.05) is 49.4 Å². The van der Waals surface area contributed by atoms with Crippen molar-refractivity contribution >= 4 is 22.5 Å². The van der Waals surface area contributed by atoms with E-state index < -0.39 is 0 Å². The molecular formula is C16H21NOS. The van der Waals surface area contributed by atoms with Gasteiger partial charge in [0.1, 0.15) is 0 Å². The van der Waals surface area contributed by atoms with E-state index in [1.807, 2.05) is 11.8 Å². The lowest BCUT2D eigenvalue weighted by atomic mass is 10.0. The first kappa shape index (κ1) is 14.4. The second-order valence-corrected chi connectivity index (χ2v) is 6.30. The summed E-state index contributed by atoms with van der Waals surface area (Å²) in [6.45, 7) is 2.38. The molecule has 0 radical (unpaired) electrons. The Bertz CT molecular complexity index is 524. The van der Waals surface area contributed by atoms with Crippen LogP contribution in [0.5, 0.6) is 0 Å². The Kier molecular flexibility index (Phi) is 5.25. The zero-order valence-electron chi connectivity index (χ0n) is 11.3. The zero-order chi connectivity index (χ0) is 13.7. The van der Waals surface area contributed by atoms with Crippen LogP contribution < -0.4 is 5.73 Å². The van der Waals surface area contributed by atoms with Crippen molar-refractivity contribution in [1.29, 1.82) is 0 Å². The first-order valence-corrected chi connectivity index (χ1v) is 7.73. The fourth-order valence-corrected chi connectivity index (χ4v) is 3.18. The second-order valence-electron chi connectivity index (χ2n) is 4.83. The SMILES string of the molecule is CC(CCO)SCC(N)c1cccc2ccccc12. The smallest absolute Gasteiger partial charge is 0.0441 e. The largest absolute Gasteiger partial charge is 0.396 e. The molecule has 2 nitrogen and oxygen atoms in total. The fourth-order valence-electron chi connectivity index (χ4n) is 2.20. The molecule has 2 aromatic carbocycles. The summed E-state index contributed by atoms with van der Waals surface area (Å²) in [4.78, 5) is 0. The topological polar surface area (TPSA) is 46.2 Å². The van der Waals surface area contributed by atoms with Crippen LogP contribution in [0.25, 0.3) is 10.8 Å². The summed E-state index contributed by atoms with van der Waals surface area (Å²) in [5.74, 6) is 0.884. The van der Waals surface area contributed by atoms with Crippen molar-refractivity contribution in [1.82, 2.24) is 0 Å². The second kappa shape index (κ2) is 6.94. The molecule has 3 N–H and O–H groups in total. The van der Waals surface area contributed by atoms with Crippen LogP contribution in [-0.4, -0.2) is 22.7 Å². The molecule has 0 heterocycles. The molecule has 0 amide bonds. The number of fused-ring (bicyclic) bond motifs is 1. The minimum atomic E-state index is 0.0391. The maximum atomic E-state index is 8.92. The van der Waals surface area contributed by atoms with Gasteiger partial charge < -0.3 is 10.8 Å². The van der Waals surface area contributed by atoms with Gasteiger partial charge >= 0.3 is 0 Å². The van der Waals surface area contributed by atoms with E-state index in [1.165, 1.54) is 16.3 Å². The number of hydrogen-bond donors (Lipinski definition) is 2. The van der Waals surface area contributed by atoms with Gasteiger partial charge in [0.15, 0.2) is 0 Å². The van der Waals surface area contributed by atoms with Gasteiger partial charge in [-0.15, -0.1) is 0 Å². The lowest BCUT2D eigenvalue weighted by Gasteiger charge is -2.17. The van der Waals surface area contributed by atoms with Crippen molar-refractivity contribution in [2.75, 3.05) is 12.4 Å². The molecule has 0 aliphatic heterocycles. The third-order valence-corrected chi connectivity index (χ3v) is 4.68. The number of aliphatic hydroxyl groups excluding tert-OH is 1. The average molecular weight is 275 g/mol. The van der Waals surface area contributed by atoms with Gasteiger partial charge in [-0.3, -0.25) is 0 Å². The predicted octanol–water partition coefficient (Wildman–Crippen LogP) is 3.34. The third kappa shape index (κ3) is 3.72. The minimum absolute atomic E-state index is 0.0391. The zero-order valence-corrected chi connectivity index (χ0v) is 12.1. The number of nitrogens with two attached hydrogens (primary N) is 1. The van der Waals surface area contributed by atoms with Gasteiger partial charge in [-0.2, -0.15) is 11.8 Å². The Morgan fingerprint density at radius 2 is 1.89 bits per heavy atom. The van der Waals surface area contributed by atoms with Gasteiger partial charge in [-0.05, 0) is 22.8 Å². The number of hydrogen-bond acceptors (Lipinski definition) is 3. The van der Waals surface area contributed by atoms with Crippen molar-refractivity contribution in [2.24, 2.45) is 5.73 Å². The first-order valence-electron chi connectivity index (χ1n) is 6.68. The van der Waals surface area contributed by atoms with E-state index in [9.17, 15) is 0 Å². The van der Waals surface area contributed by atoms with Crippen LogP contribution in [0.15, 0.2) is 42.5 Å². The predicted molar refractivity (Wildman–Crippen MR) is 84.5 cm³/mol. The molecule has 0 aliphatic rings. The van der Waals surface area contributed by atoms with E-state index in [1.54, 1.807) is 0 Å². The molecule has 0 aliphatic carbocycles. The Hall–Kier alpha value is -1.03. The molecule has 2 atom stereocenters. The van der Waals surface area contributed by atoms with E-state index in [-0.39, 0.29) is 12.6 Å². The monoisotopic (exact) mass is 275 g/mol. The molecular weight excluding hydrogens is 254 g/mol. The molecule has 2 rings (SSSR count). The summed E-state index contributed by atoms with van der Waals surface area (Å²) in [7, 11) is 0.